The van der Waals surface area contributed by atoms with E-state index in [2.05, 4.69) is 20.7 Å². The molecule has 0 unspecified atom stereocenters. The van der Waals surface area contributed by atoms with Crippen LogP contribution in [-0.4, -0.2) is 19.2 Å². The van der Waals surface area contributed by atoms with Crippen molar-refractivity contribution in [2.24, 2.45) is 0 Å². The second-order valence-corrected chi connectivity index (χ2v) is 4.33. The van der Waals surface area contributed by atoms with Gasteiger partial charge < -0.3 is 9.47 Å². The molecular weight excluding hydrogens is 296 g/mol. The van der Waals surface area contributed by atoms with Crippen molar-refractivity contribution in [3.63, 3.8) is 0 Å². The van der Waals surface area contributed by atoms with Crippen molar-refractivity contribution in [1.82, 2.24) is 0 Å². The molecule has 100 valence electrons. The van der Waals surface area contributed by atoms with E-state index < -0.39 is 0 Å². The minimum atomic E-state index is -0.332. The lowest BCUT2D eigenvalue weighted by atomic mass is 10.1. The highest BCUT2D eigenvalue weighted by atomic mass is 79.9. The Bertz CT molecular complexity index is 400. The van der Waals surface area contributed by atoms with Crippen LogP contribution in [0.5, 0.6) is 5.75 Å². The number of hydrogen-bond donors (Lipinski definition) is 0. The van der Waals surface area contributed by atoms with Crippen molar-refractivity contribution in [1.29, 1.82) is 0 Å². The molecule has 3 nitrogen and oxygen atoms in total. The molecule has 1 aromatic carbocycles. The van der Waals surface area contributed by atoms with E-state index in [9.17, 15) is 4.79 Å². The van der Waals surface area contributed by atoms with Gasteiger partial charge in [0.2, 0.25) is 0 Å². The molecule has 0 radical (unpaired) electrons. The molecule has 1 aromatic rings. The summed E-state index contributed by atoms with van der Waals surface area (Å²) in [6.07, 6.45) is 2.53. The third kappa shape index (κ3) is 4.02. The molecule has 2 rings (SSSR count). The Balaban J connectivity index is 0.000000771. The molecule has 18 heavy (non-hydrogen) atoms. The number of methoxy groups -OCH3 is 1. The van der Waals surface area contributed by atoms with Gasteiger partial charge in [-0.3, -0.25) is 0 Å². The number of carbonyl (C=O) groups excluding carboxylic acids is 1. The number of esters is 1. The van der Waals surface area contributed by atoms with E-state index in [0.717, 1.165) is 29.5 Å². The Kier molecular flexibility index (Phi) is 6.19. The molecule has 0 spiro atoms. The largest absolute Gasteiger partial charge is 0.490 e. The first-order valence-electron chi connectivity index (χ1n) is 6.18. The van der Waals surface area contributed by atoms with Crippen molar-refractivity contribution in [2.75, 3.05) is 7.11 Å². The predicted molar refractivity (Wildman–Crippen MR) is 75.4 cm³/mol. The molecule has 1 fully saturated rings. The Labute approximate surface area is 117 Å². The smallest absolute Gasteiger partial charge is 0.337 e. The second kappa shape index (κ2) is 7.41. The van der Waals surface area contributed by atoms with Gasteiger partial charge in [0, 0.05) is 10.9 Å². The third-order valence-corrected chi connectivity index (χ3v) is 3.05. The molecule has 0 heterocycles. The molecule has 0 atom stereocenters. The van der Waals surface area contributed by atoms with Crippen LogP contribution in [-0.2, 0) is 10.1 Å². The van der Waals surface area contributed by atoms with Gasteiger partial charge >= 0.3 is 5.97 Å². The number of halogens is 1. The fraction of sp³-hybridized carbons (Fsp3) is 0.500. The third-order valence-electron chi connectivity index (χ3n) is 2.45. The highest BCUT2D eigenvalue weighted by molar-refractivity contribution is 9.08. The normalized spacial score (nSPS) is 13.3. The quantitative estimate of drug-likeness (QED) is 0.624. The Morgan fingerprint density at radius 3 is 2.56 bits per heavy atom. The van der Waals surface area contributed by atoms with Gasteiger partial charge in [-0.15, -0.1) is 0 Å². The Morgan fingerprint density at radius 2 is 2.06 bits per heavy atom. The summed E-state index contributed by atoms with van der Waals surface area (Å²) in [5.41, 5.74) is 1.59. The summed E-state index contributed by atoms with van der Waals surface area (Å²) >= 11 is 3.40. The molecule has 4 heteroatoms. The maximum atomic E-state index is 11.4. The highest BCUT2D eigenvalue weighted by Crippen LogP contribution is 2.31. The zero-order chi connectivity index (χ0) is 13.5. The molecule has 0 amide bonds. The van der Waals surface area contributed by atoms with Crippen LogP contribution >= 0.6 is 15.9 Å². The standard InChI is InChI=1S/C12H13BrO3.C2H6/c1-15-12(14)8-2-3-9(7-13)11(6-8)16-10-4-5-10;1-2/h2-3,6,10H,4-5,7H2,1H3;1-2H3. The number of hydrogen-bond acceptors (Lipinski definition) is 3. The van der Waals surface area contributed by atoms with Gasteiger partial charge in [-0.2, -0.15) is 0 Å². The van der Waals surface area contributed by atoms with Gasteiger partial charge in [-0.05, 0) is 25.0 Å². The van der Waals surface area contributed by atoms with E-state index in [4.69, 9.17) is 4.74 Å². The molecule has 0 saturated heterocycles. The Morgan fingerprint density at radius 1 is 1.39 bits per heavy atom. The van der Waals surface area contributed by atoms with Crippen molar-refractivity contribution in [3.8, 4) is 5.75 Å². The molecule has 0 N–H and O–H groups in total. The van der Waals surface area contributed by atoms with Crippen molar-refractivity contribution in [2.45, 2.75) is 38.1 Å². The average Bonchev–Trinajstić information content (AvgIpc) is 3.24. The minimum absolute atomic E-state index is 0.325. The summed E-state index contributed by atoms with van der Waals surface area (Å²) in [5, 5.41) is 0.719. The minimum Gasteiger partial charge on any atom is -0.490 e. The first kappa shape index (κ1) is 15.0. The van der Waals surface area contributed by atoms with E-state index in [-0.39, 0.29) is 5.97 Å². The lowest BCUT2D eigenvalue weighted by molar-refractivity contribution is 0.0600. The van der Waals surface area contributed by atoms with Crippen molar-refractivity contribution < 1.29 is 14.3 Å². The second-order valence-electron chi connectivity index (χ2n) is 3.76. The Hall–Kier alpha value is -1.03. The number of alkyl halides is 1. The SMILES string of the molecule is CC.COC(=O)c1ccc(CBr)c(OC2CC2)c1. The molecule has 0 bridgehead atoms. The summed E-state index contributed by atoms with van der Waals surface area (Å²) in [4.78, 5) is 11.4. The maximum Gasteiger partial charge on any atom is 0.337 e. The maximum absolute atomic E-state index is 11.4. The van der Waals surface area contributed by atoms with Crippen LogP contribution in [0, 0.1) is 0 Å². The first-order valence-corrected chi connectivity index (χ1v) is 7.30. The van der Waals surface area contributed by atoms with Gasteiger partial charge in [-0.25, -0.2) is 4.79 Å². The summed E-state index contributed by atoms with van der Waals surface area (Å²) in [6, 6.07) is 5.39. The summed E-state index contributed by atoms with van der Waals surface area (Å²) in [6.45, 7) is 4.00. The van der Waals surface area contributed by atoms with Gasteiger partial charge in [-0.1, -0.05) is 35.8 Å². The lowest BCUT2D eigenvalue weighted by Gasteiger charge is -2.10. The van der Waals surface area contributed by atoms with E-state index in [1.807, 2.05) is 19.9 Å². The van der Waals surface area contributed by atoms with Gasteiger partial charge in [0.15, 0.2) is 0 Å². The number of rotatable bonds is 4. The molecule has 0 aromatic heterocycles. The summed E-state index contributed by atoms with van der Waals surface area (Å²) in [7, 11) is 1.38. The van der Waals surface area contributed by atoms with Gasteiger partial charge in [0.05, 0.1) is 18.8 Å². The monoisotopic (exact) mass is 314 g/mol. The zero-order valence-electron chi connectivity index (χ0n) is 11.0. The fourth-order valence-electron chi connectivity index (χ4n) is 1.38. The van der Waals surface area contributed by atoms with Crippen LogP contribution in [0.25, 0.3) is 0 Å². The average molecular weight is 315 g/mol. The predicted octanol–water partition coefficient (Wildman–Crippen LogP) is 3.94. The summed E-state index contributed by atoms with van der Waals surface area (Å²) < 4.78 is 10.4. The van der Waals surface area contributed by atoms with Crippen LogP contribution in [0.1, 0.15) is 42.6 Å². The topological polar surface area (TPSA) is 35.5 Å². The molecular formula is C14H19BrO3. The number of ether oxygens (including phenoxy) is 2. The van der Waals surface area contributed by atoms with E-state index in [1.54, 1.807) is 12.1 Å². The van der Waals surface area contributed by atoms with Crippen molar-refractivity contribution in [3.05, 3.63) is 29.3 Å². The van der Waals surface area contributed by atoms with Gasteiger partial charge in [0.25, 0.3) is 0 Å². The number of benzene rings is 1. The summed E-state index contributed by atoms with van der Waals surface area (Å²) in [5.74, 6) is 0.448. The van der Waals surface area contributed by atoms with Crippen LogP contribution in [0.4, 0.5) is 0 Å². The van der Waals surface area contributed by atoms with Crippen LogP contribution < -0.4 is 4.74 Å². The number of carbonyl (C=O) groups is 1. The highest BCUT2D eigenvalue weighted by Gasteiger charge is 2.24. The van der Waals surface area contributed by atoms with E-state index in [1.165, 1.54) is 7.11 Å². The lowest BCUT2D eigenvalue weighted by Crippen LogP contribution is -2.04. The molecule has 1 saturated carbocycles. The molecule has 0 aliphatic heterocycles. The van der Waals surface area contributed by atoms with Crippen molar-refractivity contribution >= 4 is 21.9 Å². The van der Waals surface area contributed by atoms with E-state index >= 15 is 0 Å². The van der Waals surface area contributed by atoms with E-state index in [0.29, 0.717) is 11.7 Å². The van der Waals surface area contributed by atoms with Crippen LogP contribution in [0.15, 0.2) is 18.2 Å². The fourth-order valence-corrected chi connectivity index (χ4v) is 1.85. The van der Waals surface area contributed by atoms with Crippen LogP contribution in [0.3, 0.4) is 0 Å². The first-order chi connectivity index (χ1) is 8.74. The molecule has 1 aliphatic rings. The molecule has 1 aliphatic carbocycles. The van der Waals surface area contributed by atoms with Crippen LogP contribution in [0.2, 0.25) is 0 Å². The zero-order valence-corrected chi connectivity index (χ0v) is 12.6. The van der Waals surface area contributed by atoms with Gasteiger partial charge in [0.1, 0.15) is 5.75 Å².